The number of aromatic nitrogens is 2. The van der Waals surface area contributed by atoms with E-state index in [9.17, 15) is 5.11 Å². The summed E-state index contributed by atoms with van der Waals surface area (Å²) in [6, 6.07) is 6.97. The number of H-pyrrole nitrogens is 1. The van der Waals surface area contributed by atoms with E-state index in [2.05, 4.69) is 50.1 Å². The van der Waals surface area contributed by atoms with E-state index in [1.807, 2.05) is 6.20 Å². The van der Waals surface area contributed by atoms with Gasteiger partial charge in [0.05, 0.1) is 17.8 Å². The van der Waals surface area contributed by atoms with E-state index in [0.717, 1.165) is 63.5 Å². The Kier molecular flexibility index (Phi) is 4.68. The third-order valence-electron chi connectivity index (χ3n) is 7.10. The van der Waals surface area contributed by atoms with Crippen LogP contribution in [0.4, 0.5) is 0 Å². The summed E-state index contributed by atoms with van der Waals surface area (Å²) in [6.45, 7) is 7.74. The molecule has 3 fully saturated rings. The normalized spacial score (nSPS) is 33.6. The highest BCUT2D eigenvalue weighted by atomic mass is 16.3. The fourth-order valence-corrected chi connectivity index (χ4v) is 5.52. The molecule has 1 aromatic carbocycles. The van der Waals surface area contributed by atoms with E-state index < -0.39 is 0 Å². The van der Waals surface area contributed by atoms with Gasteiger partial charge in [0.1, 0.15) is 0 Å². The van der Waals surface area contributed by atoms with E-state index in [1.165, 1.54) is 17.5 Å². The Hall–Kier alpha value is -1.47. The van der Waals surface area contributed by atoms with E-state index in [-0.39, 0.29) is 6.10 Å². The molecule has 6 heteroatoms. The maximum atomic E-state index is 10.8. The second-order valence-corrected chi connectivity index (χ2v) is 8.95. The molecular formula is C21H31N5O. The summed E-state index contributed by atoms with van der Waals surface area (Å²) < 4.78 is 0. The number of hydrogen-bond acceptors (Lipinski definition) is 5. The zero-order valence-electron chi connectivity index (χ0n) is 16.2. The number of fused-ring (bicyclic) bond motifs is 2. The van der Waals surface area contributed by atoms with Crippen molar-refractivity contribution >= 4 is 10.9 Å². The zero-order chi connectivity index (χ0) is 18.4. The Labute approximate surface area is 161 Å². The number of benzene rings is 1. The summed E-state index contributed by atoms with van der Waals surface area (Å²) >= 11 is 0. The molecule has 1 aliphatic carbocycles. The highest BCUT2D eigenvalue weighted by Crippen LogP contribution is 2.39. The van der Waals surface area contributed by atoms with Gasteiger partial charge >= 0.3 is 0 Å². The van der Waals surface area contributed by atoms with Gasteiger partial charge in [0.2, 0.25) is 0 Å². The Balaban J connectivity index is 1.23. The largest absolute Gasteiger partial charge is 0.391 e. The highest BCUT2D eigenvalue weighted by Gasteiger charge is 2.43. The van der Waals surface area contributed by atoms with Crippen LogP contribution in [0.2, 0.25) is 0 Å². The lowest BCUT2D eigenvalue weighted by Gasteiger charge is -2.44. The first-order valence-corrected chi connectivity index (χ1v) is 10.4. The van der Waals surface area contributed by atoms with Gasteiger partial charge in [-0.05, 0) is 43.4 Å². The molecule has 3 heterocycles. The lowest BCUT2D eigenvalue weighted by Crippen LogP contribution is -2.55. The summed E-state index contributed by atoms with van der Waals surface area (Å²) in [6.07, 6.45) is 3.85. The van der Waals surface area contributed by atoms with Crippen LogP contribution in [0.15, 0.2) is 24.4 Å². The minimum absolute atomic E-state index is 0.157. The third-order valence-corrected chi connectivity index (χ3v) is 7.10. The second-order valence-electron chi connectivity index (χ2n) is 8.95. The molecule has 2 aromatic rings. The lowest BCUT2D eigenvalue weighted by atomic mass is 9.77. The zero-order valence-corrected chi connectivity index (χ0v) is 16.2. The molecule has 0 spiro atoms. The first-order valence-electron chi connectivity index (χ1n) is 10.4. The van der Waals surface area contributed by atoms with Gasteiger partial charge in [-0.25, -0.2) is 0 Å². The second kappa shape index (κ2) is 7.17. The van der Waals surface area contributed by atoms with Crippen molar-refractivity contribution in [1.82, 2.24) is 24.9 Å². The van der Waals surface area contributed by atoms with Crippen molar-refractivity contribution in [3.8, 4) is 0 Å². The molecule has 3 aliphatic rings. The number of rotatable bonds is 3. The standard InChI is InChI=1S/C21H31N5O/c1-24-4-6-26(7-5-24)20-9-17-13-25(14-18(17)10-21(20)27)12-15-2-3-16-11-22-23-19(16)8-15/h2-3,8,11,17-18,20-21,27H,4-7,9-10,12-14H2,1H3,(H,22,23)/t17-,18+,20-,21-/m1/s1. The van der Waals surface area contributed by atoms with Crippen LogP contribution in [-0.2, 0) is 6.54 Å². The maximum Gasteiger partial charge on any atom is 0.0698 e. The molecule has 0 bridgehead atoms. The minimum Gasteiger partial charge on any atom is -0.391 e. The third kappa shape index (κ3) is 3.51. The van der Waals surface area contributed by atoms with Gasteiger partial charge in [0, 0.05) is 57.2 Å². The molecule has 5 rings (SSSR count). The van der Waals surface area contributed by atoms with Gasteiger partial charge in [-0.15, -0.1) is 0 Å². The number of nitrogens with one attached hydrogen (secondary N) is 1. The van der Waals surface area contributed by atoms with Gasteiger partial charge in [0.15, 0.2) is 0 Å². The van der Waals surface area contributed by atoms with Gasteiger partial charge in [0.25, 0.3) is 0 Å². The fraction of sp³-hybridized carbons (Fsp3) is 0.667. The first-order chi connectivity index (χ1) is 13.2. The molecule has 146 valence electrons. The van der Waals surface area contributed by atoms with E-state index in [1.54, 1.807) is 0 Å². The molecule has 2 saturated heterocycles. The van der Waals surface area contributed by atoms with Crippen molar-refractivity contribution in [3.05, 3.63) is 30.0 Å². The maximum absolute atomic E-state index is 10.8. The van der Waals surface area contributed by atoms with Crippen LogP contribution in [0, 0.1) is 11.8 Å². The molecule has 1 aromatic heterocycles. The first kappa shape index (κ1) is 17.6. The number of aromatic amines is 1. The van der Waals surface area contributed by atoms with Gasteiger partial charge in [-0.3, -0.25) is 14.9 Å². The summed E-state index contributed by atoms with van der Waals surface area (Å²) in [5, 5.41) is 19.2. The van der Waals surface area contributed by atoms with Gasteiger partial charge in [-0.1, -0.05) is 12.1 Å². The number of likely N-dealkylation sites (tertiary alicyclic amines) is 1. The molecule has 27 heavy (non-hydrogen) atoms. The number of aliphatic hydroxyl groups is 1. The average Bonchev–Trinajstić information content (AvgIpc) is 3.27. The predicted molar refractivity (Wildman–Crippen MR) is 106 cm³/mol. The Morgan fingerprint density at radius 1 is 1.11 bits per heavy atom. The smallest absolute Gasteiger partial charge is 0.0698 e. The molecule has 6 nitrogen and oxygen atoms in total. The Morgan fingerprint density at radius 2 is 1.89 bits per heavy atom. The summed E-state index contributed by atoms with van der Waals surface area (Å²) in [7, 11) is 2.19. The van der Waals surface area contributed by atoms with Gasteiger partial charge < -0.3 is 10.0 Å². The van der Waals surface area contributed by atoms with Crippen LogP contribution in [0.5, 0.6) is 0 Å². The predicted octanol–water partition coefficient (Wildman–Crippen LogP) is 1.38. The van der Waals surface area contributed by atoms with Crippen LogP contribution >= 0.6 is 0 Å². The van der Waals surface area contributed by atoms with Crippen molar-refractivity contribution in [2.45, 2.75) is 31.5 Å². The van der Waals surface area contributed by atoms with E-state index in [0.29, 0.717) is 12.0 Å². The monoisotopic (exact) mass is 369 g/mol. The number of nitrogens with zero attached hydrogens (tertiary/aromatic N) is 4. The van der Waals surface area contributed by atoms with Crippen molar-refractivity contribution in [3.63, 3.8) is 0 Å². The summed E-state index contributed by atoms with van der Waals surface area (Å²) in [5.41, 5.74) is 2.47. The van der Waals surface area contributed by atoms with Crippen molar-refractivity contribution in [1.29, 1.82) is 0 Å². The molecule has 2 aliphatic heterocycles. The molecule has 1 saturated carbocycles. The van der Waals surface area contributed by atoms with E-state index >= 15 is 0 Å². The fourth-order valence-electron chi connectivity index (χ4n) is 5.52. The van der Waals surface area contributed by atoms with Crippen LogP contribution < -0.4 is 0 Å². The molecule has 4 atom stereocenters. The quantitative estimate of drug-likeness (QED) is 0.856. The number of likely N-dealkylation sites (N-methyl/N-ethyl adjacent to an activating group) is 1. The van der Waals surface area contributed by atoms with Crippen LogP contribution in [0.3, 0.4) is 0 Å². The SMILES string of the molecule is CN1CCN([C@@H]2C[C@@H]3CN(Cc4ccc5cn[nH]c5c4)C[C@@H]3C[C@H]2O)CC1. The molecule has 0 radical (unpaired) electrons. The number of aliphatic hydroxyl groups excluding tert-OH is 1. The molecule has 0 amide bonds. The lowest BCUT2D eigenvalue weighted by molar-refractivity contribution is -0.0249. The van der Waals surface area contributed by atoms with Crippen molar-refractivity contribution in [2.75, 3.05) is 46.3 Å². The minimum atomic E-state index is -0.157. The Bertz CT molecular complexity index is 784. The highest BCUT2D eigenvalue weighted by molar-refractivity contribution is 5.78. The molecule has 0 unspecified atom stereocenters. The van der Waals surface area contributed by atoms with Crippen molar-refractivity contribution in [2.24, 2.45) is 11.8 Å². The van der Waals surface area contributed by atoms with Crippen LogP contribution in [-0.4, -0.2) is 88.5 Å². The van der Waals surface area contributed by atoms with Gasteiger partial charge in [-0.2, -0.15) is 5.10 Å². The van der Waals surface area contributed by atoms with Crippen LogP contribution in [0.25, 0.3) is 10.9 Å². The van der Waals surface area contributed by atoms with Crippen LogP contribution in [0.1, 0.15) is 18.4 Å². The number of hydrogen-bond donors (Lipinski definition) is 2. The average molecular weight is 370 g/mol. The Morgan fingerprint density at radius 3 is 2.70 bits per heavy atom. The topological polar surface area (TPSA) is 58.6 Å². The molecule has 2 N–H and O–H groups in total. The van der Waals surface area contributed by atoms with E-state index in [4.69, 9.17) is 0 Å². The molecular weight excluding hydrogens is 338 g/mol. The van der Waals surface area contributed by atoms with Crippen molar-refractivity contribution < 1.29 is 5.11 Å². The summed E-state index contributed by atoms with van der Waals surface area (Å²) in [4.78, 5) is 7.53. The number of piperazine rings is 1. The summed E-state index contributed by atoms with van der Waals surface area (Å²) in [5.74, 6) is 1.38.